The predicted octanol–water partition coefficient (Wildman–Crippen LogP) is 2.20. The molecule has 0 spiro atoms. The van der Waals surface area contributed by atoms with E-state index in [1.807, 2.05) is 13.8 Å². The highest BCUT2D eigenvalue weighted by Crippen LogP contribution is 2.00. The van der Waals surface area contributed by atoms with Gasteiger partial charge in [-0.3, -0.25) is 0 Å². The lowest BCUT2D eigenvalue weighted by Gasteiger charge is -2.09. The summed E-state index contributed by atoms with van der Waals surface area (Å²) in [5.74, 6) is 5.82. The van der Waals surface area contributed by atoms with E-state index in [0.717, 1.165) is 18.4 Å². The largest absolute Gasteiger partial charge is 0.377 e. The van der Waals surface area contributed by atoms with E-state index in [9.17, 15) is 0 Å². The van der Waals surface area contributed by atoms with Crippen LogP contribution in [0.3, 0.4) is 0 Å². The zero-order valence-corrected chi connectivity index (χ0v) is 8.07. The summed E-state index contributed by atoms with van der Waals surface area (Å²) in [6, 6.07) is 0. The van der Waals surface area contributed by atoms with Crippen LogP contribution in [0.2, 0.25) is 0 Å². The Balaban J connectivity index is 3.45. The molecular formula is C8H13BrO. The first kappa shape index (κ1) is 10.0. The highest BCUT2D eigenvalue weighted by Gasteiger charge is 2.02. The van der Waals surface area contributed by atoms with Crippen molar-refractivity contribution in [3.05, 3.63) is 0 Å². The molecule has 0 heterocycles. The van der Waals surface area contributed by atoms with Crippen molar-refractivity contribution in [3.8, 4) is 11.8 Å². The molecule has 0 saturated carbocycles. The predicted molar refractivity (Wildman–Crippen MR) is 47.3 cm³/mol. The molecular weight excluding hydrogens is 192 g/mol. The second-order valence-electron chi connectivity index (χ2n) is 1.86. The van der Waals surface area contributed by atoms with Crippen LogP contribution in [0.4, 0.5) is 0 Å². The molecule has 1 unspecified atom stereocenters. The topological polar surface area (TPSA) is 9.23 Å². The van der Waals surface area contributed by atoms with Gasteiger partial charge >= 0.3 is 0 Å². The van der Waals surface area contributed by atoms with Gasteiger partial charge in [0.05, 0.1) is 6.10 Å². The van der Waals surface area contributed by atoms with Gasteiger partial charge in [0.15, 0.2) is 0 Å². The van der Waals surface area contributed by atoms with Crippen molar-refractivity contribution in [2.24, 2.45) is 0 Å². The van der Waals surface area contributed by atoms with Gasteiger partial charge < -0.3 is 4.74 Å². The fourth-order valence-corrected chi connectivity index (χ4v) is 1.03. The van der Waals surface area contributed by atoms with Gasteiger partial charge in [-0.2, -0.15) is 0 Å². The van der Waals surface area contributed by atoms with Gasteiger partial charge in [0.2, 0.25) is 0 Å². The molecule has 0 aromatic carbocycles. The fraction of sp³-hybridized carbons (Fsp3) is 0.750. The van der Waals surface area contributed by atoms with Crippen LogP contribution in [-0.2, 0) is 4.74 Å². The normalized spacial score (nSPS) is 11.9. The van der Waals surface area contributed by atoms with E-state index in [4.69, 9.17) is 4.74 Å². The third-order valence-electron chi connectivity index (χ3n) is 1.08. The van der Waals surface area contributed by atoms with E-state index in [2.05, 4.69) is 27.8 Å². The minimum atomic E-state index is 0.262. The average Bonchev–Trinajstić information content (AvgIpc) is 1.98. The summed E-state index contributed by atoms with van der Waals surface area (Å²) in [5, 5.41) is 0.871. The van der Waals surface area contributed by atoms with Gasteiger partial charge in [0.25, 0.3) is 0 Å². The van der Waals surface area contributed by atoms with Crippen LogP contribution < -0.4 is 0 Å². The Morgan fingerprint density at radius 1 is 1.60 bits per heavy atom. The van der Waals surface area contributed by atoms with E-state index in [0.29, 0.717) is 0 Å². The molecule has 0 fully saturated rings. The summed E-state index contributed by atoms with van der Waals surface area (Å²) in [7, 11) is 0. The van der Waals surface area contributed by atoms with Crippen molar-refractivity contribution < 1.29 is 4.74 Å². The Labute approximate surface area is 71.3 Å². The summed E-state index contributed by atoms with van der Waals surface area (Å²) in [5.41, 5.74) is 0. The summed E-state index contributed by atoms with van der Waals surface area (Å²) in [4.78, 5) is 0. The molecule has 0 saturated heterocycles. The van der Waals surface area contributed by atoms with Crippen molar-refractivity contribution in [1.29, 1.82) is 0 Å². The maximum absolute atomic E-state index is 5.34. The zero-order valence-electron chi connectivity index (χ0n) is 6.48. The maximum Gasteiger partial charge on any atom is 0.0780 e. The van der Waals surface area contributed by atoms with Crippen molar-refractivity contribution in [3.63, 3.8) is 0 Å². The SMILES string of the molecule is CC#CCC(CBr)OCC. The van der Waals surface area contributed by atoms with Crippen molar-refractivity contribution in [2.45, 2.75) is 26.4 Å². The second-order valence-corrected chi connectivity index (χ2v) is 2.51. The number of hydrogen-bond donors (Lipinski definition) is 0. The first-order chi connectivity index (χ1) is 4.85. The minimum Gasteiger partial charge on any atom is -0.377 e. The average molecular weight is 205 g/mol. The third-order valence-corrected chi connectivity index (χ3v) is 1.80. The Kier molecular flexibility index (Phi) is 7.11. The first-order valence-corrected chi connectivity index (χ1v) is 4.54. The standard InChI is InChI=1S/C8H13BrO/c1-3-5-6-8(7-9)10-4-2/h8H,4,6-7H2,1-2H3. The highest BCUT2D eigenvalue weighted by atomic mass is 79.9. The smallest absolute Gasteiger partial charge is 0.0780 e. The molecule has 0 bridgehead atoms. The molecule has 0 amide bonds. The Bertz CT molecular complexity index is 123. The quantitative estimate of drug-likeness (QED) is 0.505. The molecule has 0 rings (SSSR count). The van der Waals surface area contributed by atoms with Crippen molar-refractivity contribution in [2.75, 3.05) is 11.9 Å². The number of alkyl halides is 1. The van der Waals surface area contributed by atoms with E-state index < -0.39 is 0 Å². The van der Waals surface area contributed by atoms with Crippen LogP contribution in [0.25, 0.3) is 0 Å². The molecule has 10 heavy (non-hydrogen) atoms. The summed E-state index contributed by atoms with van der Waals surface area (Å²) >= 11 is 3.35. The lowest BCUT2D eigenvalue weighted by atomic mass is 10.3. The van der Waals surface area contributed by atoms with E-state index in [-0.39, 0.29) is 6.10 Å². The van der Waals surface area contributed by atoms with Gasteiger partial charge in [-0.15, -0.1) is 11.8 Å². The van der Waals surface area contributed by atoms with Gasteiger partial charge in [-0.25, -0.2) is 0 Å². The molecule has 0 aliphatic heterocycles. The van der Waals surface area contributed by atoms with E-state index >= 15 is 0 Å². The first-order valence-electron chi connectivity index (χ1n) is 3.42. The highest BCUT2D eigenvalue weighted by molar-refractivity contribution is 9.09. The maximum atomic E-state index is 5.34. The summed E-state index contributed by atoms with van der Waals surface area (Å²) in [6.45, 7) is 4.61. The molecule has 0 radical (unpaired) electrons. The van der Waals surface area contributed by atoms with Crippen LogP contribution in [-0.4, -0.2) is 18.0 Å². The van der Waals surface area contributed by atoms with E-state index in [1.54, 1.807) is 0 Å². The molecule has 0 aliphatic carbocycles. The fourth-order valence-electron chi connectivity index (χ4n) is 0.610. The monoisotopic (exact) mass is 204 g/mol. The van der Waals surface area contributed by atoms with Crippen LogP contribution in [0.15, 0.2) is 0 Å². The molecule has 0 aromatic rings. The lowest BCUT2D eigenvalue weighted by Crippen LogP contribution is -2.13. The van der Waals surface area contributed by atoms with E-state index in [1.165, 1.54) is 0 Å². The molecule has 0 aromatic heterocycles. The van der Waals surface area contributed by atoms with Crippen molar-refractivity contribution >= 4 is 15.9 Å². The number of hydrogen-bond acceptors (Lipinski definition) is 1. The third kappa shape index (κ3) is 4.84. The Hall–Kier alpha value is -0.0000000000000000208. The van der Waals surface area contributed by atoms with Gasteiger partial charge in [0.1, 0.15) is 0 Å². The second kappa shape index (κ2) is 7.11. The van der Waals surface area contributed by atoms with Gasteiger partial charge in [-0.05, 0) is 13.8 Å². The number of halogens is 1. The van der Waals surface area contributed by atoms with Crippen LogP contribution >= 0.6 is 15.9 Å². The molecule has 1 atom stereocenters. The Morgan fingerprint density at radius 3 is 2.70 bits per heavy atom. The zero-order chi connectivity index (χ0) is 7.82. The van der Waals surface area contributed by atoms with Crippen molar-refractivity contribution in [1.82, 2.24) is 0 Å². The minimum absolute atomic E-state index is 0.262. The molecule has 0 N–H and O–H groups in total. The lowest BCUT2D eigenvalue weighted by molar-refractivity contribution is 0.0843. The summed E-state index contributed by atoms with van der Waals surface area (Å²) in [6.07, 6.45) is 1.09. The van der Waals surface area contributed by atoms with Crippen LogP contribution in [0.5, 0.6) is 0 Å². The molecule has 58 valence electrons. The Morgan fingerprint density at radius 2 is 2.30 bits per heavy atom. The molecule has 2 heteroatoms. The van der Waals surface area contributed by atoms with Gasteiger partial charge in [-0.1, -0.05) is 15.9 Å². The number of ether oxygens (including phenoxy) is 1. The molecule has 0 aliphatic rings. The van der Waals surface area contributed by atoms with Crippen LogP contribution in [0.1, 0.15) is 20.3 Å². The van der Waals surface area contributed by atoms with Gasteiger partial charge in [0, 0.05) is 18.4 Å². The summed E-state index contributed by atoms with van der Waals surface area (Å²) < 4.78 is 5.34. The molecule has 1 nitrogen and oxygen atoms in total. The number of rotatable bonds is 4. The van der Waals surface area contributed by atoms with Crippen LogP contribution in [0, 0.1) is 11.8 Å².